The number of carbonyl (C=O) groups excluding carboxylic acids is 6. The van der Waals surface area contributed by atoms with Crippen LogP contribution in [0.15, 0.2) is 61.2 Å². The molecule has 0 heterocycles. The molecule has 2 aromatic rings. The molecule has 1 aliphatic rings. The van der Waals surface area contributed by atoms with Crippen LogP contribution >= 0.6 is 0 Å². The summed E-state index contributed by atoms with van der Waals surface area (Å²) in [6, 6.07) is 9.04. The first kappa shape index (κ1) is 49.4. The number of benzene rings is 2. The Bertz CT molecular complexity index is 1840. The smallest absolute Gasteiger partial charge is 0.408 e. The lowest BCUT2D eigenvalue weighted by molar-refractivity contribution is -0.156. The number of esters is 1. The molecule has 0 spiro atoms. The molecule has 334 valence electrons. The largest absolute Gasteiger partial charge is 0.480 e. The van der Waals surface area contributed by atoms with Crippen LogP contribution in [0, 0.1) is 23.7 Å². The highest BCUT2D eigenvalue weighted by Gasteiger charge is 2.39. The number of carbonyl (C=O) groups is 7. The van der Waals surface area contributed by atoms with Crippen molar-refractivity contribution in [1.29, 1.82) is 0 Å². The van der Waals surface area contributed by atoms with E-state index < -0.39 is 102 Å². The van der Waals surface area contributed by atoms with E-state index in [2.05, 4.69) is 33.2 Å². The van der Waals surface area contributed by atoms with Crippen LogP contribution in [-0.4, -0.2) is 96.5 Å². The molecule has 0 bridgehead atoms. The predicted octanol–water partition coefficient (Wildman–Crippen LogP) is 5.05. The van der Waals surface area contributed by atoms with Crippen molar-refractivity contribution in [3.8, 4) is 11.1 Å². The fourth-order valence-electron chi connectivity index (χ4n) is 6.94. The van der Waals surface area contributed by atoms with Gasteiger partial charge in [-0.15, -0.1) is 0 Å². The van der Waals surface area contributed by atoms with Crippen LogP contribution in [-0.2, 0) is 38.2 Å². The standard InChI is InChI=1S/C45H63N5O11/c1-11-22-59-44(57)49-35(25(6)7)43(56)61-28(10)38(41(53)47-36(26(8)12-2)39(51)46-34(24(4)5)42(54)55)48-40(52)37(27(9)13-3)50-45(58)60-23-33-31-20-16-14-18-29(31)30-19-15-17-21-32(30)33/h11,14-21,24-28,33-38H,1,12-13,22-23H2,2-10H3,(H,46,51)(H,47,53)(H,48,52)(H,49,57)(H,50,58)(H,54,55)/t26-,27-,28+,34+,35-,36+,37+,38+/m0/s1. The van der Waals surface area contributed by atoms with Crippen molar-refractivity contribution in [3.05, 3.63) is 72.3 Å². The van der Waals surface area contributed by atoms with E-state index in [0.717, 1.165) is 22.3 Å². The molecule has 6 N–H and O–H groups in total. The number of hydrogen-bond donors (Lipinski definition) is 6. The molecule has 3 rings (SSSR count). The van der Waals surface area contributed by atoms with Crippen molar-refractivity contribution < 1.29 is 52.9 Å². The van der Waals surface area contributed by atoms with Crippen LogP contribution in [0.3, 0.4) is 0 Å². The van der Waals surface area contributed by atoms with E-state index in [0.29, 0.717) is 12.8 Å². The maximum Gasteiger partial charge on any atom is 0.408 e. The molecule has 0 unspecified atom stereocenters. The van der Waals surface area contributed by atoms with Crippen LogP contribution in [0.2, 0.25) is 0 Å². The molecule has 61 heavy (non-hydrogen) atoms. The van der Waals surface area contributed by atoms with Crippen molar-refractivity contribution in [2.24, 2.45) is 23.7 Å². The fourth-order valence-corrected chi connectivity index (χ4v) is 6.94. The van der Waals surface area contributed by atoms with Gasteiger partial charge in [0.05, 0.1) is 0 Å². The zero-order chi connectivity index (χ0) is 45.6. The summed E-state index contributed by atoms with van der Waals surface area (Å²) >= 11 is 0. The quantitative estimate of drug-likeness (QED) is 0.0522. The molecule has 0 saturated carbocycles. The Morgan fingerprint density at radius 2 is 1.05 bits per heavy atom. The first-order valence-electron chi connectivity index (χ1n) is 20.9. The molecule has 0 aromatic heterocycles. The Morgan fingerprint density at radius 3 is 1.52 bits per heavy atom. The van der Waals surface area contributed by atoms with Crippen molar-refractivity contribution in [2.75, 3.05) is 13.2 Å². The van der Waals surface area contributed by atoms with Gasteiger partial charge in [0.1, 0.15) is 49.5 Å². The molecular formula is C45H63N5O11. The van der Waals surface area contributed by atoms with Gasteiger partial charge in [-0.05, 0) is 52.8 Å². The molecule has 1 aliphatic carbocycles. The SMILES string of the molecule is C=CCOC(=O)N[C@H](C(=O)O[C@H](C)[C@@H](NC(=O)[C@H](NC(=O)OCC1c2ccccc2-c2ccccc21)[C@@H](C)CC)C(=O)N[C@@H](C(=O)N[C@@H](C(=O)O)C(C)C)[C@@H](C)CC)C(C)C. The summed E-state index contributed by atoms with van der Waals surface area (Å²) in [4.78, 5) is 93.5. The molecule has 0 fully saturated rings. The Labute approximate surface area is 358 Å². The van der Waals surface area contributed by atoms with Gasteiger partial charge >= 0.3 is 24.1 Å². The highest BCUT2D eigenvalue weighted by atomic mass is 16.6. The minimum atomic E-state index is -1.66. The number of aliphatic carboxylic acids is 1. The number of carboxylic acid groups (broad SMARTS) is 1. The molecule has 8 atom stereocenters. The van der Waals surface area contributed by atoms with E-state index in [1.54, 1.807) is 48.5 Å². The highest BCUT2D eigenvalue weighted by Crippen LogP contribution is 2.44. The number of nitrogens with one attached hydrogen (secondary N) is 5. The molecule has 0 saturated heterocycles. The van der Waals surface area contributed by atoms with E-state index in [-0.39, 0.29) is 19.1 Å². The monoisotopic (exact) mass is 849 g/mol. The molecule has 0 aliphatic heterocycles. The van der Waals surface area contributed by atoms with Gasteiger partial charge in [0.2, 0.25) is 17.7 Å². The van der Waals surface area contributed by atoms with Crippen molar-refractivity contribution in [1.82, 2.24) is 26.6 Å². The minimum absolute atomic E-state index is 0.0164. The maximum atomic E-state index is 14.3. The van der Waals surface area contributed by atoms with E-state index in [9.17, 15) is 38.7 Å². The molecule has 2 aromatic carbocycles. The highest BCUT2D eigenvalue weighted by molar-refractivity contribution is 5.95. The zero-order valence-corrected chi connectivity index (χ0v) is 36.6. The van der Waals surface area contributed by atoms with Gasteiger partial charge in [-0.25, -0.2) is 19.2 Å². The van der Waals surface area contributed by atoms with Crippen molar-refractivity contribution in [3.63, 3.8) is 0 Å². The summed E-state index contributed by atoms with van der Waals surface area (Å²) in [6.45, 7) is 18.3. The Balaban J connectivity index is 1.91. The lowest BCUT2D eigenvalue weighted by atomic mass is 9.95. The van der Waals surface area contributed by atoms with Gasteiger partial charge in [0.15, 0.2) is 0 Å². The number of hydrogen-bond acceptors (Lipinski definition) is 10. The van der Waals surface area contributed by atoms with Gasteiger partial charge in [-0.2, -0.15) is 0 Å². The van der Waals surface area contributed by atoms with Gasteiger partial charge in [-0.3, -0.25) is 14.4 Å². The van der Waals surface area contributed by atoms with Gasteiger partial charge < -0.3 is 45.9 Å². The third-order valence-corrected chi connectivity index (χ3v) is 11.0. The number of amides is 5. The summed E-state index contributed by atoms with van der Waals surface area (Å²) in [5.74, 6) is -6.96. The second-order valence-electron chi connectivity index (χ2n) is 16.2. The molecule has 16 heteroatoms. The van der Waals surface area contributed by atoms with Crippen LogP contribution in [0.25, 0.3) is 11.1 Å². The lowest BCUT2D eigenvalue weighted by Crippen LogP contribution is -2.63. The molecule has 5 amide bonds. The summed E-state index contributed by atoms with van der Waals surface area (Å²) in [5, 5.41) is 22.6. The third-order valence-electron chi connectivity index (χ3n) is 11.0. The number of ether oxygens (including phenoxy) is 3. The topological polar surface area (TPSA) is 228 Å². The van der Waals surface area contributed by atoms with Gasteiger partial charge in [0.25, 0.3) is 0 Å². The van der Waals surface area contributed by atoms with Crippen LogP contribution in [0.5, 0.6) is 0 Å². The first-order valence-corrected chi connectivity index (χ1v) is 20.9. The Kier molecular flexibility index (Phi) is 18.8. The number of carboxylic acids is 1. The summed E-state index contributed by atoms with van der Waals surface area (Å²) in [7, 11) is 0. The minimum Gasteiger partial charge on any atom is -0.480 e. The second-order valence-corrected chi connectivity index (χ2v) is 16.2. The average Bonchev–Trinajstić information content (AvgIpc) is 3.55. The Hall–Kier alpha value is -5.93. The summed E-state index contributed by atoms with van der Waals surface area (Å²) in [5.41, 5.74) is 4.09. The fraction of sp³-hybridized carbons (Fsp3) is 0.533. The lowest BCUT2D eigenvalue weighted by Gasteiger charge is -2.32. The predicted molar refractivity (Wildman–Crippen MR) is 228 cm³/mol. The molecule has 0 radical (unpaired) electrons. The number of fused-ring (bicyclic) bond motifs is 3. The molecule has 16 nitrogen and oxygen atoms in total. The van der Waals surface area contributed by atoms with Crippen molar-refractivity contribution in [2.45, 2.75) is 117 Å². The summed E-state index contributed by atoms with van der Waals surface area (Å²) < 4.78 is 16.4. The van der Waals surface area contributed by atoms with E-state index in [1.807, 2.05) is 55.5 Å². The van der Waals surface area contributed by atoms with Crippen LogP contribution in [0.4, 0.5) is 9.59 Å². The van der Waals surface area contributed by atoms with Crippen LogP contribution < -0.4 is 26.6 Å². The van der Waals surface area contributed by atoms with E-state index in [1.165, 1.54) is 13.0 Å². The third kappa shape index (κ3) is 13.3. The van der Waals surface area contributed by atoms with Crippen molar-refractivity contribution >= 4 is 41.8 Å². The second kappa shape index (κ2) is 23.2. The van der Waals surface area contributed by atoms with Gasteiger partial charge in [-0.1, -0.05) is 129 Å². The summed E-state index contributed by atoms with van der Waals surface area (Å²) in [6.07, 6.45) is -1.04. The average molecular weight is 850 g/mol. The Morgan fingerprint density at radius 1 is 0.623 bits per heavy atom. The maximum absolute atomic E-state index is 14.3. The number of alkyl carbamates (subject to hydrolysis) is 2. The van der Waals surface area contributed by atoms with Gasteiger partial charge in [0, 0.05) is 5.92 Å². The normalized spacial score (nSPS) is 15.9. The van der Waals surface area contributed by atoms with E-state index in [4.69, 9.17) is 14.2 Å². The van der Waals surface area contributed by atoms with Crippen LogP contribution in [0.1, 0.15) is 92.2 Å². The van der Waals surface area contributed by atoms with E-state index >= 15 is 0 Å². The number of rotatable bonds is 22. The first-order chi connectivity index (χ1) is 28.9. The zero-order valence-electron chi connectivity index (χ0n) is 36.6. The molecular weight excluding hydrogens is 787 g/mol.